The van der Waals surface area contributed by atoms with Gasteiger partial charge in [0.25, 0.3) is 0 Å². The molecule has 3 nitrogen and oxygen atoms in total. The predicted molar refractivity (Wildman–Crippen MR) is 73.4 cm³/mol. The molecule has 0 radical (unpaired) electrons. The summed E-state index contributed by atoms with van der Waals surface area (Å²) in [6.07, 6.45) is 2.49. The third kappa shape index (κ3) is 3.89. The summed E-state index contributed by atoms with van der Waals surface area (Å²) >= 11 is 9.33. The molecule has 0 unspecified atom stereocenters. The number of carbonyl (C=O) groups is 1. The van der Waals surface area contributed by atoms with Crippen LogP contribution in [0.5, 0.6) is 0 Å². The number of amides is 1. The maximum Gasteiger partial charge on any atom is 0.239 e. The van der Waals surface area contributed by atoms with Crippen molar-refractivity contribution < 1.29 is 4.79 Å². The van der Waals surface area contributed by atoms with Crippen molar-refractivity contribution in [2.24, 2.45) is 5.92 Å². The summed E-state index contributed by atoms with van der Waals surface area (Å²) in [5, 5.41) is 6.59. The van der Waals surface area contributed by atoms with E-state index in [1.807, 2.05) is 12.1 Å². The monoisotopic (exact) mass is 316 g/mol. The van der Waals surface area contributed by atoms with E-state index in [1.54, 1.807) is 6.07 Å². The lowest BCUT2D eigenvalue weighted by Gasteiger charge is -2.09. The summed E-state index contributed by atoms with van der Waals surface area (Å²) < 4.78 is 0.789. The van der Waals surface area contributed by atoms with Crippen LogP contribution in [0, 0.1) is 5.92 Å². The Bertz CT molecular complexity index is 421. The van der Waals surface area contributed by atoms with Gasteiger partial charge in [0, 0.05) is 6.54 Å². The summed E-state index contributed by atoms with van der Waals surface area (Å²) in [6, 6.07) is 5.52. The number of benzene rings is 1. The van der Waals surface area contributed by atoms with Gasteiger partial charge in [-0.2, -0.15) is 0 Å². The van der Waals surface area contributed by atoms with Crippen molar-refractivity contribution in [2.45, 2.75) is 12.8 Å². The molecule has 1 aliphatic rings. The first-order valence-electron chi connectivity index (χ1n) is 5.61. The Morgan fingerprint density at radius 2 is 2.24 bits per heavy atom. The Morgan fingerprint density at radius 1 is 1.47 bits per heavy atom. The summed E-state index contributed by atoms with van der Waals surface area (Å²) in [5.41, 5.74) is 0.832. The van der Waals surface area contributed by atoms with Crippen molar-refractivity contribution in [1.82, 2.24) is 5.32 Å². The molecule has 1 saturated carbocycles. The number of rotatable bonds is 5. The van der Waals surface area contributed by atoms with Crippen LogP contribution in [0.2, 0.25) is 5.02 Å². The van der Waals surface area contributed by atoms with Crippen LogP contribution in [0.1, 0.15) is 12.8 Å². The third-order valence-electron chi connectivity index (χ3n) is 2.68. The van der Waals surface area contributed by atoms with Crippen LogP contribution < -0.4 is 10.6 Å². The molecule has 1 amide bonds. The average molecular weight is 318 g/mol. The van der Waals surface area contributed by atoms with E-state index in [0.717, 1.165) is 16.7 Å². The second-order valence-corrected chi connectivity index (χ2v) is 5.40. The van der Waals surface area contributed by atoms with E-state index in [9.17, 15) is 4.79 Å². The molecule has 17 heavy (non-hydrogen) atoms. The van der Waals surface area contributed by atoms with Gasteiger partial charge in [-0.05, 0) is 46.8 Å². The average Bonchev–Trinajstić information content (AvgIpc) is 3.12. The molecule has 0 saturated heterocycles. The standard InChI is InChI=1S/C12H14BrClN2O/c13-12-9(14)2-1-3-10(12)15-7-11(17)16-6-8-4-5-8/h1-3,8,15H,4-7H2,(H,16,17). The van der Waals surface area contributed by atoms with Gasteiger partial charge in [0.05, 0.1) is 21.7 Å². The maximum absolute atomic E-state index is 11.5. The largest absolute Gasteiger partial charge is 0.375 e. The van der Waals surface area contributed by atoms with Crippen LogP contribution in [0.25, 0.3) is 0 Å². The number of anilines is 1. The van der Waals surface area contributed by atoms with Gasteiger partial charge in [-0.3, -0.25) is 4.79 Å². The molecule has 0 heterocycles. The molecule has 5 heteroatoms. The SMILES string of the molecule is O=C(CNc1cccc(Cl)c1Br)NCC1CC1. The van der Waals surface area contributed by atoms with Crippen molar-refractivity contribution in [1.29, 1.82) is 0 Å². The zero-order valence-electron chi connectivity index (χ0n) is 9.30. The van der Waals surface area contributed by atoms with Crippen LogP contribution in [0.4, 0.5) is 5.69 Å². The van der Waals surface area contributed by atoms with Crippen molar-refractivity contribution in [3.8, 4) is 0 Å². The van der Waals surface area contributed by atoms with Crippen LogP contribution in [-0.4, -0.2) is 19.0 Å². The zero-order chi connectivity index (χ0) is 12.3. The lowest BCUT2D eigenvalue weighted by Crippen LogP contribution is -2.31. The van der Waals surface area contributed by atoms with Crippen molar-refractivity contribution >= 4 is 39.1 Å². The Morgan fingerprint density at radius 3 is 2.94 bits per heavy atom. The smallest absolute Gasteiger partial charge is 0.239 e. The van der Waals surface area contributed by atoms with E-state index in [1.165, 1.54) is 12.8 Å². The van der Waals surface area contributed by atoms with Crippen LogP contribution >= 0.6 is 27.5 Å². The molecule has 1 aromatic carbocycles. The number of hydrogen-bond acceptors (Lipinski definition) is 2. The van der Waals surface area contributed by atoms with E-state index in [2.05, 4.69) is 26.6 Å². The molecule has 0 aliphatic heterocycles. The molecule has 1 aliphatic carbocycles. The first-order chi connectivity index (χ1) is 8.16. The fraction of sp³-hybridized carbons (Fsp3) is 0.417. The summed E-state index contributed by atoms with van der Waals surface area (Å²) in [5.74, 6) is 0.723. The minimum atomic E-state index is 0.0174. The number of hydrogen-bond donors (Lipinski definition) is 2. The zero-order valence-corrected chi connectivity index (χ0v) is 11.6. The van der Waals surface area contributed by atoms with Gasteiger partial charge in [0.2, 0.25) is 5.91 Å². The summed E-state index contributed by atoms with van der Waals surface area (Å²) in [7, 11) is 0. The minimum Gasteiger partial charge on any atom is -0.375 e. The highest BCUT2D eigenvalue weighted by Gasteiger charge is 2.21. The second kappa shape index (κ2) is 5.74. The fourth-order valence-electron chi connectivity index (χ4n) is 1.46. The molecule has 0 atom stereocenters. The van der Waals surface area contributed by atoms with Crippen LogP contribution in [0.15, 0.2) is 22.7 Å². The molecule has 0 bridgehead atoms. The highest BCUT2D eigenvalue weighted by atomic mass is 79.9. The van der Waals surface area contributed by atoms with E-state index in [0.29, 0.717) is 10.9 Å². The highest BCUT2D eigenvalue weighted by molar-refractivity contribution is 9.10. The van der Waals surface area contributed by atoms with Gasteiger partial charge in [-0.1, -0.05) is 17.7 Å². The Balaban J connectivity index is 1.79. The first-order valence-corrected chi connectivity index (χ1v) is 6.78. The number of carbonyl (C=O) groups excluding carboxylic acids is 1. The lowest BCUT2D eigenvalue weighted by molar-refractivity contribution is -0.119. The van der Waals surface area contributed by atoms with Crippen molar-refractivity contribution in [3.63, 3.8) is 0 Å². The molecular formula is C12H14BrClN2O. The predicted octanol–water partition coefficient (Wildman–Crippen LogP) is 3.04. The second-order valence-electron chi connectivity index (χ2n) is 4.20. The Hall–Kier alpha value is -0.740. The third-order valence-corrected chi connectivity index (χ3v) is 4.07. The van der Waals surface area contributed by atoms with Gasteiger partial charge in [-0.15, -0.1) is 0 Å². The summed E-state index contributed by atoms with van der Waals surface area (Å²) in [6.45, 7) is 1.07. The Labute approximate surface area is 114 Å². The van der Waals surface area contributed by atoms with Crippen LogP contribution in [0.3, 0.4) is 0 Å². The number of nitrogens with one attached hydrogen (secondary N) is 2. The molecule has 2 N–H and O–H groups in total. The van der Waals surface area contributed by atoms with Crippen molar-refractivity contribution in [2.75, 3.05) is 18.4 Å². The lowest BCUT2D eigenvalue weighted by atomic mass is 10.3. The van der Waals surface area contributed by atoms with E-state index in [-0.39, 0.29) is 12.5 Å². The van der Waals surface area contributed by atoms with Gasteiger partial charge in [0.15, 0.2) is 0 Å². The van der Waals surface area contributed by atoms with E-state index < -0.39 is 0 Å². The van der Waals surface area contributed by atoms with Gasteiger partial charge >= 0.3 is 0 Å². The van der Waals surface area contributed by atoms with Gasteiger partial charge in [0.1, 0.15) is 0 Å². The fourth-order valence-corrected chi connectivity index (χ4v) is 2.04. The Kier molecular flexibility index (Phi) is 4.29. The van der Waals surface area contributed by atoms with Crippen molar-refractivity contribution in [3.05, 3.63) is 27.7 Å². The van der Waals surface area contributed by atoms with E-state index >= 15 is 0 Å². The maximum atomic E-state index is 11.5. The molecule has 2 rings (SSSR count). The van der Waals surface area contributed by atoms with Gasteiger partial charge < -0.3 is 10.6 Å². The quantitative estimate of drug-likeness (QED) is 0.876. The summed E-state index contributed by atoms with van der Waals surface area (Å²) in [4.78, 5) is 11.5. The minimum absolute atomic E-state index is 0.0174. The number of halogens is 2. The molecule has 1 aromatic rings. The normalized spacial score (nSPS) is 14.5. The molecule has 0 aromatic heterocycles. The van der Waals surface area contributed by atoms with Crippen LogP contribution in [-0.2, 0) is 4.79 Å². The van der Waals surface area contributed by atoms with Gasteiger partial charge in [-0.25, -0.2) is 0 Å². The highest BCUT2D eigenvalue weighted by Crippen LogP contribution is 2.30. The first kappa shape index (κ1) is 12.7. The molecule has 0 spiro atoms. The molecular weight excluding hydrogens is 304 g/mol. The molecule has 92 valence electrons. The van der Waals surface area contributed by atoms with E-state index in [4.69, 9.17) is 11.6 Å². The molecule has 1 fully saturated rings. The topological polar surface area (TPSA) is 41.1 Å².